The molecule has 1 aromatic heterocycles. The minimum Gasteiger partial charge on any atom is -0.309 e. The molecule has 0 N–H and O–H groups in total. The van der Waals surface area contributed by atoms with Gasteiger partial charge in [-0.3, -0.25) is 0 Å². The Hall–Kier alpha value is -7.00. The van der Waals surface area contributed by atoms with Crippen LogP contribution in [-0.2, 0) is 5.41 Å². The normalized spacial score (nSPS) is 12.7. The fourth-order valence-electron chi connectivity index (χ4n) is 9.34. The van der Waals surface area contributed by atoms with Crippen LogP contribution in [0.2, 0.25) is 0 Å². The van der Waals surface area contributed by atoms with E-state index in [9.17, 15) is 0 Å². The summed E-state index contributed by atoms with van der Waals surface area (Å²) in [6.07, 6.45) is 0. The first-order chi connectivity index (χ1) is 28.3. The fraction of sp³-hybridized carbons (Fsp3) is 0.0182. The maximum atomic E-state index is 2.46. The number of fused-ring (bicyclic) bond motifs is 6. The molecule has 10 aromatic rings. The Kier molecular flexibility index (Phi) is 7.98. The number of benzene rings is 9. The Morgan fingerprint density at radius 3 is 1.44 bits per heavy atom. The predicted octanol–water partition coefficient (Wildman–Crippen LogP) is 15.2. The lowest BCUT2D eigenvalue weighted by atomic mass is 9.66. The van der Waals surface area contributed by atoms with Gasteiger partial charge in [-0.1, -0.05) is 188 Å². The van der Waals surface area contributed by atoms with Crippen LogP contribution in [0.4, 0.5) is 17.1 Å². The van der Waals surface area contributed by atoms with Crippen molar-refractivity contribution in [3.8, 4) is 33.4 Å². The van der Waals surface area contributed by atoms with Crippen LogP contribution in [-0.4, -0.2) is 0 Å². The number of hydrogen-bond acceptors (Lipinski definition) is 2. The second kappa shape index (κ2) is 13.6. The standard InChI is InChI=1S/C55H37NS/c1-4-18-38(19-5-1)40-22-14-26-43(36-40)56(44-27-15-23-41(37-44)39-20-6-2-7-21-39)51-34-16-30-47-53-50(33-17-35-52(53)57-54(47)51)55(42-24-8-3-9-25-42)48-31-12-10-28-45(48)46-29-11-13-32-49(46)55/h1-37H. The number of thiophene rings is 1. The lowest BCUT2D eigenvalue weighted by Gasteiger charge is -2.34. The summed E-state index contributed by atoms with van der Waals surface area (Å²) in [6.45, 7) is 0. The first-order valence-electron chi connectivity index (χ1n) is 19.6. The van der Waals surface area contributed by atoms with Gasteiger partial charge in [0.15, 0.2) is 0 Å². The van der Waals surface area contributed by atoms with Gasteiger partial charge in [0, 0.05) is 26.8 Å². The zero-order valence-corrected chi connectivity index (χ0v) is 32.0. The first kappa shape index (κ1) is 33.3. The van der Waals surface area contributed by atoms with Gasteiger partial charge >= 0.3 is 0 Å². The van der Waals surface area contributed by atoms with Crippen molar-refractivity contribution in [2.45, 2.75) is 5.41 Å². The highest BCUT2D eigenvalue weighted by Crippen LogP contribution is 2.58. The molecule has 11 rings (SSSR count). The number of rotatable bonds is 7. The van der Waals surface area contributed by atoms with Gasteiger partial charge in [-0.05, 0) is 92.0 Å². The molecule has 0 bridgehead atoms. The minimum absolute atomic E-state index is 0.494. The highest BCUT2D eigenvalue weighted by Gasteiger charge is 2.47. The van der Waals surface area contributed by atoms with Gasteiger partial charge in [-0.15, -0.1) is 11.3 Å². The molecule has 1 nitrogen and oxygen atoms in total. The van der Waals surface area contributed by atoms with Gasteiger partial charge in [-0.25, -0.2) is 0 Å². The maximum Gasteiger partial charge on any atom is 0.0720 e. The molecule has 0 amide bonds. The fourth-order valence-corrected chi connectivity index (χ4v) is 10.6. The summed E-state index contributed by atoms with van der Waals surface area (Å²) in [7, 11) is 0. The van der Waals surface area contributed by atoms with E-state index in [4.69, 9.17) is 0 Å². The Balaban J connectivity index is 1.19. The SMILES string of the molecule is c1ccc(-c2cccc(N(c3cccc(-c4ccccc4)c3)c3cccc4c3sc3cccc(C5(c6ccccc6)c6ccccc6-c6ccccc65)c34)c2)cc1. The number of anilines is 3. The van der Waals surface area contributed by atoms with Crippen molar-refractivity contribution in [2.75, 3.05) is 4.90 Å². The summed E-state index contributed by atoms with van der Waals surface area (Å²) in [5, 5.41) is 2.58. The molecule has 0 fully saturated rings. The Morgan fingerprint density at radius 2 is 0.842 bits per heavy atom. The lowest BCUT2D eigenvalue weighted by Crippen LogP contribution is -2.28. The molecular weight excluding hydrogens is 707 g/mol. The third kappa shape index (κ3) is 5.29. The molecule has 2 heteroatoms. The van der Waals surface area contributed by atoms with Gasteiger partial charge in [0.05, 0.1) is 15.8 Å². The van der Waals surface area contributed by atoms with E-state index in [1.54, 1.807) is 0 Å². The highest BCUT2D eigenvalue weighted by molar-refractivity contribution is 7.26. The van der Waals surface area contributed by atoms with Gasteiger partial charge in [-0.2, -0.15) is 0 Å². The van der Waals surface area contributed by atoms with E-state index in [2.05, 4.69) is 229 Å². The Bertz CT molecular complexity index is 2940. The monoisotopic (exact) mass is 743 g/mol. The van der Waals surface area contributed by atoms with E-state index >= 15 is 0 Å². The summed E-state index contributed by atoms with van der Waals surface area (Å²) < 4.78 is 2.54. The molecule has 0 radical (unpaired) electrons. The van der Waals surface area contributed by atoms with Crippen molar-refractivity contribution in [1.82, 2.24) is 0 Å². The van der Waals surface area contributed by atoms with E-state index in [1.165, 1.54) is 75.8 Å². The summed E-state index contributed by atoms with van der Waals surface area (Å²) in [4.78, 5) is 2.46. The van der Waals surface area contributed by atoms with Crippen LogP contribution in [0.25, 0.3) is 53.6 Å². The Labute approximate surface area is 337 Å². The summed E-state index contributed by atoms with van der Waals surface area (Å²) in [5.74, 6) is 0. The van der Waals surface area contributed by atoms with Crippen LogP contribution in [0.3, 0.4) is 0 Å². The molecule has 0 aliphatic heterocycles. The van der Waals surface area contributed by atoms with Gasteiger partial charge in [0.2, 0.25) is 0 Å². The van der Waals surface area contributed by atoms with Crippen LogP contribution in [0.1, 0.15) is 22.3 Å². The molecule has 1 aliphatic rings. The van der Waals surface area contributed by atoms with E-state index in [1.807, 2.05) is 11.3 Å². The molecule has 9 aromatic carbocycles. The van der Waals surface area contributed by atoms with Crippen molar-refractivity contribution in [3.63, 3.8) is 0 Å². The van der Waals surface area contributed by atoms with E-state index < -0.39 is 5.41 Å². The summed E-state index contributed by atoms with van der Waals surface area (Å²) in [5.41, 5.74) is 15.5. The smallest absolute Gasteiger partial charge is 0.0720 e. The van der Waals surface area contributed by atoms with Crippen LogP contribution in [0, 0.1) is 0 Å². The molecule has 1 aliphatic carbocycles. The van der Waals surface area contributed by atoms with E-state index in [0.29, 0.717) is 0 Å². The van der Waals surface area contributed by atoms with Crippen molar-refractivity contribution < 1.29 is 0 Å². The number of hydrogen-bond donors (Lipinski definition) is 0. The van der Waals surface area contributed by atoms with Gasteiger partial charge < -0.3 is 4.90 Å². The second-order valence-corrected chi connectivity index (χ2v) is 15.9. The first-order valence-corrected chi connectivity index (χ1v) is 20.4. The van der Waals surface area contributed by atoms with Crippen LogP contribution < -0.4 is 4.90 Å². The quantitative estimate of drug-likeness (QED) is 0.157. The van der Waals surface area contributed by atoms with Crippen molar-refractivity contribution in [1.29, 1.82) is 0 Å². The van der Waals surface area contributed by atoms with Gasteiger partial charge in [0.25, 0.3) is 0 Å². The van der Waals surface area contributed by atoms with Crippen molar-refractivity contribution in [2.24, 2.45) is 0 Å². The molecule has 1 heterocycles. The third-order valence-corrected chi connectivity index (χ3v) is 12.9. The molecule has 0 saturated carbocycles. The Morgan fingerprint density at radius 1 is 0.368 bits per heavy atom. The predicted molar refractivity (Wildman–Crippen MR) is 242 cm³/mol. The molecule has 0 spiro atoms. The minimum atomic E-state index is -0.494. The van der Waals surface area contributed by atoms with Crippen molar-refractivity contribution >= 4 is 48.6 Å². The van der Waals surface area contributed by atoms with Gasteiger partial charge in [0.1, 0.15) is 0 Å². The van der Waals surface area contributed by atoms with E-state index in [-0.39, 0.29) is 0 Å². The average molecular weight is 744 g/mol. The van der Waals surface area contributed by atoms with Crippen LogP contribution >= 0.6 is 11.3 Å². The van der Waals surface area contributed by atoms with Crippen LogP contribution in [0.5, 0.6) is 0 Å². The second-order valence-electron chi connectivity index (χ2n) is 14.8. The zero-order valence-electron chi connectivity index (χ0n) is 31.2. The highest BCUT2D eigenvalue weighted by atomic mass is 32.1. The number of nitrogens with zero attached hydrogens (tertiary/aromatic N) is 1. The largest absolute Gasteiger partial charge is 0.309 e. The molecule has 268 valence electrons. The van der Waals surface area contributed by atoms with E-state index in [0.717, 1.165) is 17.1 Å². The molecule has 0 atom stereocenters. The lowest BCUT2D eigenvalue weighted by molar-refractivity contribution is 0.777. The topological polar surface area (TPSA) is 3.24 Å². The summed E-state index contributed by atoms with van der Waals surface area (Å²) >= 11 is 1.89. The maximum absolute atomic E-state index is 2.46. The molecule has 0 saturated heterocycles. The summed E-state index contributed by atoms with van der Waals surface area (Å²) in [6, 6.07) is 82.4. The third-order valence-electron chi connectivity index (χ3n) is 11.7. The molecule has 0 unspecified atom stereocenters. The zero-order chi connectivity index (χ0) is 37.8. The molecular formula is C55H37NS. The van der Waals surface area contributed by atoms with Crippen LogP contribution in [0.15, 0.2) is 224 Å². The van der Waals surface area contributed by atoms with Crippen molar-refractivity contribution in [3.05, 3.63) is 247 Å². The average Bonchev–Trinajstić information content (AvgIpc) is 3.83. The molecule has 57 heavy (non-hydrogen) atoms.